The number of aliphatic hydroxyl groups is 1. The number of aliphatic hydroxyl groups excluding tert-OH is 1. The summed E-state index contributed by atoms with van der Waals surface area (Å²) in [6.07, 6.45) is 1.02. The minimum atomic E-state index is -0.881. The third-order valence-corrected chi connectivity index (χ3v) is 4.28. The Balaban J connectivity index is 1.92. The van der Waals surface area contributed by atoms with Gasteiger partial charge < -0.3 is 10.0 Å². The van der Waals surface area contributed by atoms with Gasteiger partial charge in [0.15, 0.2) is 0 Å². The molecule has 1 amide bonds. The second kappa shape index (κ2) is 5.14. The molecule has 2 rings (SSSR count). The molecular formula is C12H18N2O2S. The van der Waals surface area contributed by atoms with E-state index in [2.05, 4.69) is 10.4 Å². The number of amides is 1. The van der Waals surface area contributed by atoms with Gasteiger partial charge in [0.05, 0.1) is 5.01 Å². The Labute approximate surface area is 105 Å². The molecule has 0 saturated carbocycles. The number of piperidine rings is 1. The molecule has 1 N–H and O–H groups in total. The summed E-state index contributed by atoms with van der Waals surface area (Å²) in [5.74, 6) is 0.325. The molecule has 17 heavy (non-hydrogen) atoms. The van der Waals surface area contributed by atoms with E-state index in [1.54, 1.807) is 16.2 Å². The summed E-state index contributed by atoms with van der Waals surface area (Å²) in [5, 5.41) is 12.5. The number of aryl methyl sites for hydroxylation is 1. The lowest BCUT2D eigenvalue weighted by Gasteiger charge is -2.31. The summed E-state index contributed by atoms with van der Waals surface area (Å²) in [6.45, 7) is 4.99. The first-order valence-corrected chi connectivity index (χ1v) is 6.84. The van der Waals surface area contributed by atoms with Gasteiger partial charge in [0.2, 0.25) is 0 Å². The normalized spacial score (nSPS) is 19.4. The lowest BCUT2D eigenvalue weighted by Crippen LogP contribution is -2.42. The van der Waals surface area contributed by atoms with Gasteiger partial charge in [-0.25, -0.2) is 4.98 Å². The maximum Gasteiger partial charge on any atom is 0.251 e. The summed E-state index contributed by atoms with van der Waals surface area (Å²) in [7, 11) is 0. The second-order valence-electron chi connectivity index (χ2n) is 4.60. The summed E-state index contributed by atoms with van der Waals surface area (Å²) in [6, 6.07) is 0. The van der Waals surface area contributed by atoms with E-state index in [9.17, 15) is 9.90 Å². The van der Waals surface area contributed by atoms with Crippen LogP contribution in [-0.4, -0.2) is 40.1 Å². The zero-order chi connectivity index (χ0) is 12.4. The Morgan fingerprint density at radius 3 is 2.71 bits per heavy atom. The van der Waals surface area contributed by atoms with Gasteiger partial charge in [-0.2, -0.15) is 0 Å². The average Bonchev–Trinajstić information content (AvgIpc) is 2.75. The Morgan fingerprint density at radius 1 is 1.59 bits per heavy atom. The van der Waals surface area contributed by atoms with Crippen molar-refractivity contribution in [3.8, 4) is 0 Å². The van der Waals surface area contributed by atoms with E-state index in [4.69, 9.17) is 0 Å². The zero-order valence-corrected chi connectivity index (χ0v) is 11.0. The van der Waals surface area contributed by atoms with Crippen molar-refractivity contribution in [1.29, 1.82) is 0 Å². The highest BCUT2D eigenvalue weighted by Crippen LogP contribution is 2.30. The van der Waals surface area contributed by atoms with Crippen LogP contribution in [-0.2, 0) is 4.79 Å². The van der Waals surface area contributed by atoms with Crippen LogP contribution in [0.25, 0.3) is 0 Å². The van der Waals surface area contributed by atoms with Crippen LogP contribution in [0.1, 0.15) is 36.4 Å². The van der Waals surface area contributed by atoms with Crippen LogP contribution in [0.3, 0.4) is 0 Å². The molecule has 1 aliphatic heterocycles. The monoisotopic (exact) mass is 254 g/mol. The van der Waals surface area contributed by atoms with Crippen molar-refractivity contribution in [2.24, 2.45) is 0 Å². The van der Waals surface area contributed by atoms with Gasteiger partial charge in [-0.3, -0.25) is 4.79 Å². The van der Waals surface area contributed by atoms with E-state index >= 15 is 0 Å². The van der Waals surface area contributed by atoms with E-state index in [1.165, 1.54) is 11.9 Å². The van der Waals surface area contributed by atoms with E-state index < -0.39 is 6.10 Å². The fourth-order valence-corrected chi connectivity index (χ4v) is 3.14. The number of hydrogen-bond donors (Lipinski definition) is 1. The molecule has 0 radical (unpaired) electrons. The molecule has 0 spiro atoms. The zero-order valence-electron chi connectivity index (χ0n) is 10.2. The van der Waals surface area contributed by atoms with Gasteiger partial charge in [-0.15, -0.1) is 11.3 Å². The average molecular weight is 254 g/mol. The highest BCUT2D eigenvalue weighted by molar-refractivity contribution is 7.09. The molecule has 0 aliphatic carbocycles. The summed E-state index contributed by atoms with van der Waals surface area (Å²) >= 11 is 1.71. The second-order valence-corrected chi connectivity index (χ2v) is 5.49. The minimum absolute atomic E-state index is 0.154. The lowest BCUT2D eigenvalue weighted by molar-refractivity contribution is -0.140. The van der Waals surface area contributed by atoms with Crippen molar-refractivity contribution < 1.29 is 9.90 Å². The summed E-state index contributed by atoms with van der Waals surface area (Å²) < 4.78 is 0. The fourth-order valence-electron chi connectivity index (χ4n) is 2.17. The van der Waals surface area contributed by atoms with Gasteiger partial charge in [0.25, 0.3) is 5.91 Å². The molecule has 2 heterocycles. The quantitative estimate of drug-likeness (QED) is 0.871. The molecule has 0 aromatic carbocycles. The molecule has 1 saturated heterocycles. The largest absolute Gasteiger partial charge is 0.384 e. The summed E-state index contributed by atoms with van der Waals surface area (Å²) in [5.41, 5.74) is 1.08. The third-order valence-electron chi connectivity index (χ3n) is 3.15. The standard InChI is InChI=1S/C12H18N2O2S/c1-8-7-17-11(13-8)10-3-5-14(6-4-10)12(16)9(2)15/h7,9-10,15H,3-6H2,1-2H3. The molecule has 1 atom stereocenters. The fraction of sp³-hybridized carbons (Fsp3) is 0.667. The smallest absolute Gasteiger partial charge is 0.251 e. The predicted octanol–water partition coefficient (Wildman–Crippen LogP) is 1.54. The Bertz CT molecular complexity index is 395. The molecule has 4 nitrogen and oxygen atoms in total. The molecule has 1 fully saturated rings. The summed E-state index contributed by atoms with van der Waals surface area (Å²) in [4.78, 5) is 17.9. The van der Waals surface area contributed by atoms with E-state index in [-0.39, 0.29) is 5.91 Å². The number of thiazole rings is 1. The predicted molar refractivity (Wildman–Crippen MR) is 67.1 cm³/mol. The first-order valence-electron chi connectivity index (χ1n) is 5.97. The van der Waals surface area contributed by atoms with E-state index in [0.717, 1.165) is 31.6 Å². The van der Waals surface area contributed by atoms with Crippen molar-refractivity contribution in [3.05, 3.63) is 16.1 Å². The van der Waals surface area contributed by atoms with Crippen molar-refractivity contribution in [3.63, 3.8) is 0 Å². The molecule has 1 aliphatic rings. The van der Waals surface area contributed by atoms with Gasteiger partial charge in [0.1, 0.15) is 6.10 Å². The number of rotatable bonds is 2. The Morgan fingerprint density at radius 2 is 2.24 bits per heavy atom. The van der Waals surface area contributed by atoms with Crippen molar-refractivity contribution in [2.75, 3.05) is 13.1 Å². The third kappa shape index (κ3) is 2.84. The maximum atomic E-state index is 11.6. The number of aromatic nitrogens is 1. The molecule has 1 aromatic heterocycles. The molecule has 94 valence electrons. The number of hydrogen-bond acceptors (Lipinski definition) is 4. The number of carbonyl (C=O) groups excluding carboxylic acids is 1. The van der Waals surface area contributed by atoms with Gasteiger partial charge in [-0.1, -0.05) is 0 Å². The Kier molecular flexibility index (Phi) is 3.79. The van der Waals surface area contributed by atoms with Crippen LogP contribution in [0.5, 0.6) is 0 Å². The maximum absolute atomic E-state index is 11.6. The molecule has 0 bridgehead atoms. The SMILES string of the molecule is Cc1csc(C2CCN(C(=O)C(C)O)CC2)n1. The van der Waals surface area contributed by atoms with Gasteiger partial charge >= 0.3 is 0 Å². The number of likely N-dealkylation sites (tertiary alicyclic amines) is 1. The van der Waals surface area contributed by atoms with Crippen molar-refractivity contribution in [1.82, 2.24) is 9.88 Å². The highest BCUT2D eigenvalue weighted by Gasteiger charge is 2.26. The topological polar surface area (TPSA) is 53.4 Å². The minimum Gasteiger partial charge on any atom is -0.384 e. The van der Waals surface area contributed by atoms with E-state index in [0.29, 0.717) is 5.92 Å². The van der Waals surface area contributed by atoms with Crippen molar-refractivity contribution >= 4 is 17.2 Å². The van der Waals surface area contributed by atoms with E-state index in [1.807, 2.05) is 6.92 Å². The van der Waals surface area contributed by atoms with Gasteiger partial charge in [0, 0.05) is 30.1 Å². The van der Waals surface area contributed by atoms with Crippen LogP contribution < -0.4 is 0 Å². The highest BCUT2D eigenvalue weighted by atomic mass is 32.1. The van der Waals surface area contributed by atoms with Gasteiger partial charge in [-0.05, 0) is 26.7 Å². The van der Waals surface area contributed by atoms with Crippen LogP contribution in [0.15, 0.2) is 5.38 Å². The number of carbonyl (C=O) groups is 1. The first kappa shape index (κ1) is 12.5. The molecule has 1 aromatic rings. The van der Waals surface area contributed by atoms with Crippen LogP contribution in [0, 0.1) is 6.92 Å². The molecule has 5 heteroatoms. The lowest BCUT2D eigenvalue weighted by atomic mass is 9.97. The van der Waals surface area contributed by atoms with Crippen LogP contribution in [0.2, 0.25) is 0 Å². The van der Waals surface area contributed by atoms with Crippen LogP contribution >= 0.6 is 11.3 Å². The first-order chi connectivity index (χ1) is 8.08. The molecular weight excluding hydrogens is 236 g/mol. The van der Waals surface area contributed by atoms with Crippen LogP contribution in [0.4, 0.5) is 0 Å². The Hall–Kier alpha value is -0.940. The molecule has 1 unspecified atom stereocenters. The number of nitrogens with zero attached hydrogens (tertiary/aromatic N) is 2. The van der Waals surface area contributed by atoms with Crippen molar-refractivity contribution in [2.45, 2.75) is 38.7 Å².